The molecule has 33 heavy (non-hydrogen) atoms. The molecule has 0 saturated heterocycles. The Labute approximate surface area is 197 Å². The number of fused-ring (bicyclic) bond motifs is 3. The van der Waals surface area contributed by atoms with Gasteiger partial charge in [0, 0.05) is 28.5 Å². The van der Waals surface area contributed by atoms with E-state index >= 15 is 0 Å². The van der Waals surface area contributed by atoms with Crippen LogP contribution in [0, 0.1) is 10.8 Å². The normalized spacial score (nSPS) is 31.1. The molecule has 0 amide bonds. The van der Waals surface area contributed by atoms with E-state index in [1.165, 1.54) is 44.8 Å². The van der Waals surface area contributed by atoms with Gasteiger partial charge in [-0.3, -0.25) is 9.98 Å². The average molecular weight is 438 g/mol. The molecule has 2 aliphatic heterocycles. The summed E-state index contributed by atoms with van der Waals surface area (Å²) in [5.74, 6) is 0.274. The Kier molecular flexibility index (Phi) is 3.83. The number of nitrogens with zero attached hydrogens (tertiary/aromatic N) is 2. The standard InChI is InChI=1S/C30H35N3/c1-17-19-16-31-21-13-9-12-20-23(21)22(19)24-26(28(20,5)6)32-25-18(15-27(2,3)4)11-10-14-29(25,7)30(17,8)33-24/h9-14,16-17,33H,15H2,1-8H3. The second-order valence-corrected chi connectivity index (χ2v) is 12.6. The molecule has 1 N–H and O–H groups in total. The third-order valence-corrected chi connectivity index (χ3v) is 8.94. The highest BCUT2D eigenvalue weighted by Crippen LogP contribution is 2.59. The largest absolute Gasteiger partial charge is 0.376 e. The van der Waals surface area contributed by atoms with Crippen molar-refractivity contribution in [1.29, 1.82) is 0 Å². The molecule has 2 aromatic rings. The van der Waals surface area contributed by atoms with Crippen molar-refractivity contribution >= 4 is 22.3 Å². The van der Waals surface area contributed by atoms with Crippen molar-refractivity contribution in [2.45, 2.75) is 78.7 Å². The summed E-state index contributed by atoms with van der Waals surface area (Å²) in [5, 5.41) is 5.42. The van der Waals surface area contributed by atoms with Gasteiger partial charge >= 0.3 is 0 Å². The maximum absolute atomic E-state index is 5.65. The molecule has 1 aromatic carbocycles. The van der Waals surface area contributed by atoms with E-state index < -0.39 is 0 Å². The van der Waals surface area contributed by atoms with Crippen molar-refractivity contribution < 1.29 is 0 Å². The first-order valence-electron chi connectivity index (χ1n) is 12.3. The monoisotopic (exact) mass is 437 g/mol. The van der Waals surface area contributed by atoms with E-state index in [1.54, 1.807) is 0 Å². The lowest BCUT2D eigenvalue weighted by molar-refractivity contribution is 0.219. The number of hydrogen-bond acceptors (Lipinski definition) is 3. The number of hydrogen-bond donors (Lipinski definition) is 1. The maximum atomic E-state index is 5.65. The molecule has 0 spiro atoms. The van der Waals surface area contributed by atoms with Crippen LogP contribution >= 0.6 is 0 Å². The lowest BCUT2D eigenvalue weighted by atomic mass is 9.57. The van der Waals surface area contributed by atoms with Crippen molar-refractivity contribution in [3.63, 3.8) is 0 Å². The van der Waals surface area contributed by atoms with Gasteiger partial charge in [0.2, 0.25) is 0 Å². The molecule has 0 fully saturated rings. The molecule has 4 aliphatic rings. The van der Waals surface area contributed by atoms with Crippen molar-refractivity contribution in [3.05, 3.63) is 70.6 Å². The summed E-state index contributed by atoms with van der Waals surface area (Å²) in [6, 6.07) is 6.58. The van der Waals surface area contributed by atoms with Gasteiger partial charge in [-0.05, 0) is 48.4 Å². The first-order chi connectivity index (χ1) is 15.4. The molecule has 3 unspecified atom stereocenters. The van der Waals surface area contributed by atoms with Crippen LogP contribution in [0.15, 0.2) is 58.9 Å². The van der Waals surface area contributed by atoms with Crippen LogP contribution in [0.2, 0.25) is 0 Å². The summed E-state index contributed by atoms with van der Waals surface area (Å²) in [6.45, 7) is 18.8. The van der Waals surface area contributed by atoms with E-state index in [2.05, 4.69) is 103 Å². The van der Waals surface area contributed by atoms with E-state index in [0.29, 0.717) is 0 Å². The molecule has 3 nitrogen and oxygen atoms in total. The molecule has 1 aromatic heterocycles. The summed E-state index contributed by atoms with van der Waals surface area (Å²) >= 11 is 0. The van der Waals surface area contributed by atoms with E-state index in [4.69, 9.17) is 9.98 Å². The summed E-state index contributed by atoms with van der Waals surface area (Å²) in [7, 11) is 0. The Hall–Kier alpha value is -2.68. The summed E-state index contributed by atoms with van der Waals surface area (Å²) < 4.78 is 0. The summed E-state index contributed by atoms with van der Waals surface area (Å²) in [4.78, 5) is 10.6. The molecule has 2 bridgehead atoms. The number of nitrogens with one attached hydrogen (secondary N) is 1. The molecule has 2 aliphatic carbocycles. The van der Waals surface area contributed by atoms with Crippen LogP contribution in [0.4, 0.5) is 0 Å². The number of aliphatic imine (C=N–C) groups is 1. The molecular formula is C30H35N3. The SMILES string of the molecule is CC1c2cnc3cccc4c3c2C2=C(N=C3C(CC(C)(C)C)=CC=CC3(C)C1(C)N2)C4(C)C. The first kappa shape index (κ1) is 20.9. The van der Waals surface area contributed by atoms with Gasteiger partial charge in [0.15, 0.2) is 0 Å². The van der Waals surface area contributed by atoms with Gasteiger partial charge in [0.1, 0.15) is 0 Å². The number of rotatable bonds is 1. The summed E-state index contributed by atoms with van der Waals surface area (Å²) in [6.07, 6.45) is 10.1. The number of allylic oxidation sites excluding steroid dienone is 4. The Morgan fingerprint density at radius 1 is 1.09 bits per heavy atom. The zero-order chi connectivity index (χ0) is 23.6. The van der Waals surface area contributed by atoms with Crippen molar-refractivity contribution in [1.82, 2.24) is 10.3 Å². The molecule has 6 rings (SSSR count). The zero-order valence-corrected chi connectivity index (χ0v) is 21.2. The molecule has 0 saturated carbocycles. The van der Waals surface area contributed by atoms with Crippen LogP contribution in [0.25, 0.3) is 16.6 Å². The Bertz CT molecular complexity index is 1360. The third-order valence-electron chi connectivity index (χ3n) is 8.94. The Balaban J connectivity index is 1.75. The second kappa shape index (κ2) is 6.05. The van der Waals surface area contributed by atoms with Gasteiger partial charge in [0.05, 0.1) is 33.6 Å². The second-order valence-electron chi connectivity index (χ2n) is 12.6. The average Bonchev–Trinajstić information content (AvgIpc) is 2.82. The molecule has 3 atom stereocenters. The smallest absolute Gasteiger partial charge is 0.0745 e. The molecule has 3 heteroatoms. The maximum Gasteiger partial charge on any atom is 0.0745 e. The molecular weight excluding hydrogens is 402 g/mol. The van der Waals surface area contributed by atoms with E-state index in [-0.39, 0.29) is 27.7 Å². The first-order valence-corrected chi connectivity index (χ1v) is 12.3. The zero-order valence-electron chi connectivity index (χ0n) is 21.2. The minimum atomic E-state index is -0.242. The highest BCUT2D eigenvalue weighted by molar-refractivity contribution is 6.11. The fourth-order valence-electron chi connectivity index (χ4n) is 6.79. The van der Waals surface area contributed by atoms with Crippen LogP contribution in [0.3, 0.4) is 0 Å². The predicted octanol–water partition coefficient (Wildman–Crippen LogP) is 7.05. The summed E-state index contributed by atoms with van der Waals surface area (Å²) in [5.41, 5.74) is 9.57. The number of pyridine rings is 1. The Morgan fingerprint density at radius 3 is 2.58 bits per heavy atom. The van der Waals surface area contributed by atoms with Crippen LogP contribution in [0.1, 0.15) is 84.4 Å². The van der Waals surface area contributed by atoms with E-state index in [0.717, 1.165) is 11.9 Å². The lowest BCUT2D eigenvalue weighted by Crippen LogP contribution is -2.62. The topological polar surface area (TPSA) is 37.3 Å². The van der Waals surface area contributed by atoms with Crippen molar-refractivity contribution in [2.75, 3.05) is 0 Å². The lowest BCUT2D eigenvalue weighted by Gasteiger charge is -2.54. The molecule has 170 valence electrons. The van der Waals surface area contributed by atoms with Gasteiger partial charge in [-0.2, -0.15) is 0 Å². The van der Waals surface area contributed by atoms with Crippen molar-refractivity contribution in [2.24, 2.45) is 15.8 Å². The highest BCUT2D eigenvalue weighted by atomic mass is 15.1. The van der Waals surface area contributed by atoms with E-state index in [1.807, 2.05) is 0 Å². The minimum Gasteiger partial charge on any atom is -0.376 e. The van der Waals surface area contributed by atoms with Crippen LogP contribution in [-0.4, -0.2) is 16.2 Å². The number of aromatic nitrogens is 1. The Morgan fingerprint density at radius 2 is 1.85 bits per heavy atom. The van der Waals surface area contributed by atoms with Gasteiger partial charge in [-0.15, -0.1) is 0 Å². The fourth-order valence-corrected chi connectivity index (χ4v) is 6.79. The van der Waals surface area contributed by atoms with Crippen LogP contribution in [0.5, 0.6) is 0 Å². The van der Waals surface area contributed by atoms with Gasteiger partial charge < -0.3 is 5.32 Å². The predicted molar refractivity (Wildman–Crippen MR) is 138 cm³/mol. The molecule has 3 heterocycles. The highest BCUT2D eigenvalue weighted by Gasteiger charge is 2.58. The fraction of sp³-hybridized carbons (Fsp3) is 0.467. The van der Waals surface area contributed by atoms with Gasteiger partial charge in [0.25, 0.3) is 0 Å². The van der Waals surface area contributed by atoms with Gasteiger partial charge in [-0.25, -0.2) is 0 Å². The van der Waals surface area contributed by atoms with Crippen LogP contribution < -0.4 is 5.32 Å². The minimum absolute atomic E-state index is 0.188. The molecule has 0 radical (unpaired) electrons. The van der Waals surface area contributed by atoms with E-state index in [9.17, 15) is 0 Å². The van der Waals surface area contributed by atoms with Crippen LogP contribution in [-0.2, 0) is 5.41 Å². The van der Waals surface area contributed by atoms with Gasteiger partial charge in [-0.1, -0.05) is 71.9 Å². The quantitative estimate of drug-likeness (QED) is 0.519. The number of benzene rings is 1. The van der Waals surface area contributed by atoms with Crippen molar-refractivity contribution in [3.8, 4) is 0 Å². The third kappa shape index (κ3) is 2.46.